The number of amides is 1. The maximum absolute atomic E-state index is 12.3. The zero-order chi connectivity index (χ0) is 25.1. The van der Waals surface area contributed by atoms with Gasteiger partial charge < -0.3 is 32.8 Å². The number of alkyl carbamates (subject to hydrolysis) is 1. The maximum atomic E-state index is 12.3. The number of rotatable bonds is 7. The van der Waals surface area contributed by atoms with E-state index in [9.17, 15) is 9.59 Å². The molecule has 0 saturated heterocycles. The average Bonchev–Trinajstić information content (AvgIpc) is 3.47. The number of nitrogens with one attached hydrogen (secondary N) is 1. The molecule has 0 aliphatic heterocycles. The van der Waals surface area contributed by atoms with Crippen molar-refractivity contribution in [2.45, 2.75) is 58.8 Å². The number of ether oxygens (including phenoxy) is 3. The van der Waals surface area contributed by atoms with Gasteiger partial charge in [-0.05, 0) is 41.5 Å². The second-order valence-corrected chi connectivity index (χ2v) is 9.26. The van der Waals surface area contributed by atoms with Gasteiger partial charge in [0.1, 0.15) is 30.4 Å². The summed E-state index contributed by atoms with van der Waals surface area (Å²) in [7, 11) is 1.24. The number of esters is 1. The van der Waals surface area contributed by atoms with E-state index in [1.54, 1.807) is 20.8 Å². The highest BCUT2D eigenvalue weighted by atomic mass is 16.6. The number of methoxy groups -OCH3 is 1. The van der Waals surface area contributed by atoms with E-state index in [1.165, 1.54) is 19.6 Å². The Hall–Kier alpha value is -3.67. The molecule has 3 aromatic rings. The van der Waals surface area contributed by atoms with Gasteiger partial charge in [0.2, 0.25) is 17.7 Å². The van der Waals surface area contributed by atoms with Crippen molar-refractivity contribution in [3.63, 3.8) is 0 Å². The van der Waals surface area contributed by atoms with Crippen LogP contribution in [0.2, 0.25) is 0 Å². The number of carbonyl (C=O) groups is 2. The summed E-state index contributed by atoms with van der Waals surface area (Å²) >= 11 is 0. The fourth-order valence-electron chi connectivity index (χ4n) is 2.58. The van der Waals surface area contributed by atoms with Gasteiger partial charge in [0.15, 0.2) is 17.1 Å². The quantitative estimate of drug-likeness (QED) is 0.489. The number of nitrogens with zero attached hydrogens (tertiary/aromatic N) is 3. The molecule has 0 saturated carbocycles. The third-order valence-electron chi connectivity index (χ3n) is 4.04. The van der Waals surface area contributed by atoms with Crippen LogP contribution in [0, 0.1) is 0 Å². The van der Waals surface area contributed by atoms with E-state index in [1.807, 2.05) is 20.8 Å². The van der Waals surface area contributed by atoms with Gasteiger partial charge in [0.05, 0.1) is 19.3 Å². The van der Waals surface area contributed by atoms with Crippen LogP contribution in [-0.4, -0.2) is 51.9 Å². The van der Waals surface area contributed by atoms with Gasteiger partial charge in [-0.1, -0.05) is 0 Å². The minimum atomic E-state index is -0.730. The van der Waals surface area contributed by atoms with Crippen LogP contribution in [0.15, 0.2) is 32.0 Å². The molecule has 3 heterocycles. The zero-order valence-corrected chi connectivity index (χ0v) is 20.1. The van der Waals surface area contributed by atoms with Gasteiger partial charge in [-0.3, -0.25) is 0 Å². The first kappa shape index (κ1) is 25.0. The standard InChI is InChI=1S/C22H28N4O8/c1-21(2,3)33-11-14(26-20(28)34-22(4,5)6)18-24-12(8-31-18)16-23-13(9-30-16)17-25-15(10-32-17)19(27)29-7/h8-10,14H,11H2,1-7H3,(H,26,28). The molecule has 1 N–H and O–H groups in total. The molecule has 0 bridgehead atoms. The summed E-state index contributed by atoms with van der Waals surface area (Å²) in [5, 5.41) is 2.71. The molecule has 0 aliphatic rings. The van der Waals surface area contributed by atoms with Gasteiger partial charge in [-0.25, -0.2) is 24.5 Å². The highest BCUT2D eigenvalue weighted by molar-refractivity contribution is 5.87. The molecule has 1 atom stereocenters. The topological polar surface area (TPSA) is 152 Å². The molecule has 34 heavy (non-hydrogen) atoms. The Morgan fingerprint density at radius 3 is 2.18 bits per heavy atom. The molecule has 0 aromatic carbocycles. The van der Waals surface area contributed by atoms with Gasteiger partial charge in [0.25, 0.3) is 0 Å². The second-order valence-electron chi connectivity index (χ2n) is 9.26. The molecule has 0 radical (unpaired) electrons. The van der Waals surface area contributed by atoms with Gasteiger partial charge in [-0.15, -0.1) is 0 Å². The Morgan fingerprint density at radius 1 is 0.912 bits per heavy atom. The highest BCUT2D eigenvalue weighted by Crippen LogP contribution is 2.26. The molecule has 3 aromatic heterocycles. The lowest BCUT2D eigenvalue weighted by Crippen LogP contribution is -2.38. The lowest BCUT2D eigenvalue weighted by Gasteiger charge is -2.25. The van der Waals surface area contributed by atoms with Gasteiger partial charge in [-0.2, -0.15) is 0 Å². The van der Waals surface area contributed by atoms with Crippen LogP contribution >= 0.6 is 0 Å². The Morgan fingerprint density at radius 2 is 1.53 bits per heavy atom. The van der Waals surface area contributed by atoms with E-state index in [2.05, 4.69) is 25.0 Å². The van der Waals surface area contributed by atoms with Crippen LogP contribution in [0.4, 0.5) is 4.79 Å². The van der Waals surface area contributed by atoms with Crippen molar-refractivity contribution < 1.29 is 37.1 Å². The molecule has 184 valence electrons. The number of hydrogen-bond acceptors (Lipinski definition) is 11. The van der Waals surface area contributed by atoms with Crippen LogP contribution in [0.5, 0.6) is 0 Å². The Bertz CT molecular complexity index is 1130. The van der Waals surface area contributed by atoms with Crippen molar-refractivity contribution in [2.24, 2.45) is 0 Å². The third-order valence-corrected chi connectivity index (χ3v) is 4.04. The number of hydrogen-bond donors (Lipinski definition) is 1. The molecule has 0 aliphatic carbocycles. The predicted molar refractivity (Wildman–Crippen MR) is 117 cm³/mol. The lowest BCUT2D eigenvalue weighted by molar-refractivity contribution is -0.0207. The van der Waals surface area contributed by atoms with Crippen molar-refractivity contribution in [3.8, 4) is 23.2 Å². The number of oxazole rings is 3. The SMILES string of the molecule is COC(=O)c1coc(-c2coc(-c3coc(C(COC(C)(C)C)NC(=O)OC(C)(C)C)n3)n2)n1. The molecule has 12 nitrogen and oxygen atoms in total. The van der Waals surface area contributed by atoms with Crippen LogP contribution in [-0.2, 0) is 14.2 Å². The number of aromatic nitrogens is 3. The maximum Gasteiger partial charge on any atom is 0.408 e. The van der Waals surface area contributed by atoms with E-state index in [-0.39, 0.29) is 41.4 Å². The second kappa shape index (κ2) is 9.67. The van der Waals surface area contributed by atoms with Crippen molar-refractivity contribution in [1.82, 2.24) is 20.3 Å². The average molecular weight is 476 g/mol. The van der Waals surface area contributed by atoms with Crippen molar-refractivity contribution in [3.05, 3.63) is 30.4 Å². The molecule has 1 unspecified atom stereocenters. The Labute approximate surface area is 196 Å². The van der Waals surface area contributed by atoms with E-state index in [0.717, 1.165) is 6.26 Å². The molecule has 0 fully saturated rings. The molecule has 0 spiro atoms. The summed E-state index contributed by atoms with van der Waals surface area (Å²) in [4.78, 5) is 36.6. The predicted octanol–water partition coefficient (Wildman–Crippen LogP) is 4.15. The normalized spacial score (nSPS) is 12.9. The third kappa shape index (κ3) is 6.67. The van der Waals surface area contributed by atoms with Crippen LogP contribution in [0.3, 0.4) is 0 Å². The summed E-state index contributed by atoms with van der Waals surface area (Å²) in [6.07, 6.45) is 3.15. The lowest BCUT2D eigenvalue weighted by atomic mass is 10.2. The van der Waals surface area contributed by atoms with Gasteiger partial charge >= 0.3 is 12.1 Å². The fraction of sp³-hybridized carbons (Fsp3) is 0.500. The Kier molecular flexibility index (Phi) is 7.10. The van der Waals surface area contributed by atoms with Crippen molar-refractivity contribution in [1.29, 1.82) is 0 Å². The van der Waals surface area contributed by atoms with Crippen molar-refractivity contribution in [2.75, 3.05) is 13.7 Å². The van der Waals surface area contributed by atoms with Crippen LogP contribution in [0.1, 0.15) is 64.0 Å². The Balaban J connectivity index is 1.79. The summed E-state index contributed by atoms with van der Waals surface area (Å²) < 4.78 is 32.1. The fourth-order valence-corrected chi connectivity index (χ4v) is 2.58. The monoisotopic (exact) mass is 476 g/mol. The minimum absolute atomic E-state index is 0.000629. The van der Waals surface area contributed by atoms with Crippen molar-refractivity contribution >= 4 is 12.1 Å². The highest BCUT2D eigenvalue weighted by Gasteiger charge is 2.27. The summed E-state index contributed by atoms with van der Waals surface area (Å²) in [5.41, 5.74) is -0.619. The number of carbonyl (C=O) groups excluding carboxylic acids is 2. The summed E-state index contributed by atoms with van der Waals surface area (Å²) in [6.45, 7) is 11.0. The summed E-state index contributed by atoms with van der Waals surface area (Å²) in [6, 6.07) is -0.730. The smallest absolute Gasteiger partial charge is 0.408 e. The molecule has 1 amide bonds. The molecule has 3 rings (SSSR count). The van der Waals surface area contributed by atoms with E-state index >= 15 is 0 Å². The first-order chi connectivity index (χ1) is 15.8. The van der Waals surface area contributed by atoms with Crippen LogP contribution < -0.4 is 5.32 Å². The molecular weight excluding hydrogens is 448 g/mol. The first-order valence-corrected chi connectivity index (χ1v) is 10.4. The minimum Gasteiger partial charge on any atom is -0.464 e. The zero-order valence-electron chi connectivity index (χ0n) is 20.1. The largest absolute Gasteiger partial charge is 0.464 e. The molecular formula is C22H28N4O8. The first-order valence-electron chi connectivity index (χ1n) is 10.4. The van der Waals surface area contributed by atoms with E-state index in [4.69, 9.17) is 22.7 Å². The summed E-state index contributed by atoms with van der Waals surface area (Å²) in [5.74, 6) is -0.271. The van der Waals surface area contributed by atoms with Crippen LogP contribution in [0.25, 0.3) is 23.2 Å². The van der Waals surface area contributed by atoms with Gasteiger partial charge in [0, 0.05) is 0 Å². The van der Waals surface area contributed by atoms with E-state index < -0.39 is 29.3 Å². The van der Waals surface area contributed by atoms with E-state index in [0.29, 0.717) is 0 Å². The molecule has 12 heteroatoms.